The molecule has 2 heteroatoms. The highest BCUT2D eigenvalue weighted by Gasteiger charge is 2.21. The van der Waals surface area contributed by atoms with E-state index < -0.39 is 0 Å². The van der Waals surface area contributed by atoms with Crippen LogP contribution in [0, 0.1) is 5.92 Å². The van der Waals surface area contributed by atoms with Gasteiger partial charge in [0.25, 0.3) is 5.91 Å². The molecule has 0 spiro atoms. The normalized spacial score (nSPS) is 23.8. The summed E-state index contributed by atoms with van der Waals surface area (Å²) in [5, 5.41) is 2.85. The topological polar surface area (TPSA) is 29.1 Å². The molecule has 0 aromatic carbocycles. The van der Waals surface area contributed by atoms with E-state index in [-0.39, 0.29) is 5.91 Å². The molecule has 1 heterocycles. The first-order chi connectivity index (χ1) is 5.70. The Labute approximate surface area is 73.4 Å². The summed E-state index contributed by atoms with van der Waals surface area (Å²) >= 11 is 0. The molecule has 1 aliphatic rings. The van der Waals surface area contributed by atoms with Gasteiger partial charge in [0, 0.05) is 12.1 Å². The van der Waals surface area contributed by atoms with Crippen LogP contribution < -0.4 is 5.32 Å². The van der Waals surface area contributed by atoms with E-state index in [1.54, 1.807) is 6.08 Å². The Morgan fingerprint density at radius 3 is 2.92 bits per heavy atom. The molecule has 0 aliphatic carbocycles. The first-order valence-corrected chi connectivity index (χ1v) is 4.32. The van der Waals surface area contributed by atoms with Crippen LogP contribution in [0.15, 0.2) is 23.8 Å². The van der Waals surface area contributed by atoms with Crippen molar-refractivity contribution in [2.24, 2.45) is 5.92 Å². The molecule has 0 saturated heterocycles. The third kappa shape index (κ3) is 1.42. The van der Waals surface area contributed by atoms with E-state index in [1.165, 1.54) is 5.57 Å². The van der Waals surface area contributed by atoms with Crippen molar-refractivity contribution >= 4 is 5.91 Å². The maximum absolute atomic E-state index is 11.3. The molecule has 0 radical (unpaired) electrons. The van der Waals surface area contributed by atoms with E-state index in [1.807, 2.05) is 6.92 Å². The molecule has 0 aromatic heterocycles. The lowest BCUT2D eigenvalue weighted by Crippen LogP contribution is -2.36. The highest BCUT2D eigenvalue weighted by atomic mass is 16.1. The Balaban J connectivity index is 2.98. The Kier molecular flexibility index (Phi) is 2.69. The predicted molar refractivity (Wildman–Crippen MR) is 49.7 cm³/mol. The van der Waals surface area contributed by atoms with E-state index in [0.29, 0.717) is 5.92 Å². The van der Waals surface area contributed by atoms with Crippen molar-refractivity contribution in [3.05, 3.63) is 23.8 Å². The van der Waals surface area contributed by atoms with Gasteiger partial charge in [-0.05, 0) is 19.3 Å². The van der Waals surface area contributed by atoms with E-state index in [2.05, 4.69) is 18.8 Å². The molecule has 1 N–H and O–H groups in total. The average molecular weight is 165 g/mol. The lowest BCUT2D eigenvalue weighted by molar-refractivity contribution is -0.117. The summed E-state index contributed by atoms with van der Waals surface area (Å²) in [6.45, 7) is 8.56. The number of carbonyl (C=O) groups excluding carboxylic acids is 1. The van der Waals surface area contributed by atoms with Gasteiger partial charge in [0.1, 0.15) is 0 Å². The molecular formula is C10H15NO. The average Bonchev–Trinajstić information content (AvgIpc) is 2.06. The molecule has 1 atom stereocenters. The lowest BCUT2D eigenvalue weighted by Gasteiger charge is -2.24. The summed E-state index contributed by atoms with van der Waals surface area (Å²) in [6, 6.07) is 0. The van der Waals surface area contributed by atoms with E-state index >= 15 is 0 Å². The number of carbonyl (C=O) groups is 1. The SMILES string of the molecule is C=CC1=C(C)C(CC)CNC1=O. The molecule has 12 heavy (non-hydrogen) atoms. The highest BCUT2D eigenvalue weighted by Crippen LogP contribution is 2.22. The van der Waals surface area contributed by atoms with Crippen LogP contribution in [0.4, 0.5) is 0 Å². The van der Waals surface area contributed by atoms with Gasteiger partial charge in [-0.2, -0.15) is 0 Å². The van der Waals surface area contributed by atoms with E-state index in [9.17, 15) is 4.79 Å². The minimum Gasteiger partial charge on any atom is -0.351 e. The maximum atomic E-state index is 11.3. The second-order valence-electron chi connectivity index (χ2n) is 3.12. The van der Waals surface area contributed by atoms with Crippen molar-refractivity contribution in [2.75, 3.05) is 6.54 Å². The quantitative estimate of drug-likeness (QED) is 0.662. The fourth-order valence-corrected chi connectivity index (χ4v) is 1.57. The molecule has 1 amide bonds. The van der Waals surface area contributed by atoms with Crippen molar-refractivity contribution in [3.63, 3.8) is 0 Å². The Hall–Kier alpha value is -1.05. The largest absolute Gasteiger partial charge is 0.351 e. The number of nitrogens with one attached hydrogen (secondary N) is 1. The highest BCUT2D eigenvalue weighted by molar-refractivity contribution is 5.97. The van der Waals surface area contributed by atoms with Gasteiger partial charge in [-0.3, -0.25) is 4.79 Å². The van der Waals surface area contributed by atoms with E-state index in [0.717, 1.165) is 18.5 Å². The van der Waals surface area contributed by atoms with Crippen LogP contribution in [-0.2, 0) is 4.79 Å². The van der Waals surface area contributed by atoms with Crippen molar-refractivity contribution in [3.8, 4) is 0 Å². The molecule has 1 rings (SSSR count). The Morgan fingerprint density at radius 1 is 1.75 bits per heavy atom. The fourth-order valence-electron chi connectivity index (χ4n) is 1.57. The minimum atomic E-state index is 0.0206. The van der Waals surface area contributed by atoms with Crippen LogP contribution in [0.1, 0.15) is 20.3 Å². The van der Waals surface area contributed by atoms with Gasteiger partial charge in [-0.1, -0.05) is 25.2 Å². The Bertz CT molecular complexity index is 240. The smallest absolute Gasteiger partial charge is 0.251 e. The molecule has 0 aromatic rings. The van der Waals surface area contributed by atoms with Gasteiger partial charge in [0.2, 0.25) is 0 Å². The van der Waals surface area contributed by atoms with Gasteiger partial charge in [-0.25, -0.2) is 0 Å². The predicted octanol–water partition coefficient (Wildman–Crippen LogP) is 1.64. The molecule has 2 nitrogen and oxygen atoms in total. The van der Waals surface area contributed by atoms with Crippen molar-refractivity contribution < 1.29 is 4.79 Å². The van der Waals surface area contributed by atoms with Crippen LogP contribution in [0.2, 0.25) is 0 Å². The van der Waals surface area contributed by atoms with Crippen LogP contribution in [0.3, 0.4) is 0 Å². The van der Waals surface area contributed by atoms with Crippen LogP contribution >= 0.6 is 0 Å². The summed E-state index contributed by atoms with van der Waals surface area (Å²) in [7, 11) is 0. The molecule has 0 saturated carbocycles. The number of hydrogen-bond acceptors (Lipinski definition) is 1. The summed E-state index contributed by atoms with van der Waals surface area (Å²) in [5.74, 6) is 0.517. The molecule has 0 fully saturated rings. The number of amides is 1. The van der Waals surface area contributed by atoms with Crippen LogP contribution in [0.25, 0.3) is 0 Å². The maximum Gasteiger partial charge on any atom is 0.251 e. The molecular weight excluding hydrogens is 150 g/mol. The monoisotopic (exact) mass is 165 g/mol. The van der Waals surface area contributed by atoms with Gasteiger partial charge >= 0.3 is 0 Å². The zero-order valence-electron chi connectivity index (χ0n) is 7.68. The zero-order valence-corrected chi connectivity index (χ0v) is 7.68. The van der Waals surface area contributed by atoms with Crippen molar-refractivity contribution in [2.45, 2.75) is 20.3 Å². The Morgan fingerprint density at radius 2 is 2.42 bits per heavy atom. The molecule has 1 unspecified atom stereocenters. The van der Waals surface area contributed by atoms with Gasteiger partial charge in [-0.15, -0.1) is 0 Å². The van der Waals surface area contributed by atoms with Gasteiger partial charge < -0.3 is 5.32 Å². The molecule has 66 valence electrons. The summed E-state index contributed by atoms with van der Waals surface area (Å²) < 4.78 is 0. The second kappa shape index (κ2) is 3.57. The van der Waals surface area contributed by atoms with Crippen molar-refractivity contribution in [1.82, 2.24) is 5.32 Å². The van der Waals surface area contributed by atoms with E-state index in [4.69, 9.17) is 0 Å². The standard InChI is InChI=1S/C10H15NO/c1-4-8-6-11-10(12)9(5-2)7(8)3/h5,8H,2,4,6H2,1,3H3,(H,11,12). The van der Waals surface area contributed by atoms with Crippen LogP contribution in [0.5, 0.6) is 0 Å². The number of hydrogen-bond donors (Lipinski definition) is 1. The second-order valence-corrected chi connectivity index (χ2v) is 3.12. The first-order valence-electron chi connectivity index (χ1n) is 4.32. The van der Waals surface area contributed by atoms with Gasteiger partial charge in [0.05, 0.1) is 0 Å². The summed E-state index contributed by atoms with van der Waals surface area (Å²) in [6.07, 6.45) is 2.72. The molecule has 0 bridgehead atoms. The summed E-state index contributed by atoms with van der Waals surface area (Å²) in [5.41, 5.74) is 1.93. The molecule has 1 aliphatic heterocycles. The van der Waals surface area contributed by atoms with Gasteiger partial charge in [0.15, 0.2) is 0 Å². The third-order valence-corrected chi connectivity index (χ3v) is 2.49. The van der Waals surface area contributed by atoms with Crippen molar-refractivity contribution in [1.29, 1.82) is 0 Å². The summed E-state index contributed by atoms with van der Waals surface area (Å²) in [4.78, 5) is 11.3. The number of rotatable bonds is 2. The first kappa shape index (κ1) is 9.04. The van der Waals surface area contributed by atoms with Crippen LogP contribution in [-0.4, -0.2) is 12.5 Å². The zero-order chi connectivity index (χ0) is 9.14. The minimum absolute atomic E-state index is 0.0206. The third-order valence-electron chi connectivity index (χ3n) is 2.49. The fraction of sp³-hybridized carbons (Fsp3) is 0.500. The lowest BCUT2D eigenvalue weighted by atomic mass is 9.90.